The lowest BCUT2D eigenvalue weighted by Crippen LogP contribution is -2.13. The molecule has 0 radical (unpaired) electrons. The maximum absolute atomic E-state index is 13.1. The van der Waals surface area contributed by atoms with Crippen molar-refractivity contribution < 1.29 is 9.18 Å². The minimum Gasteiger partial charge on any atom is -0.322 e. The van der Waals surface area contributed by atoms with Gasteiger partial charge in [0.15, 0.2) is 0 Å². The number of aromatic nitrogens is 2. The highest BCUT2D eigenvalue weighted by molar-refractivity contribution is 8.16. The van der Waals surface area contributed by atoms with Gasteiger partial charge in [-0.2, -0.15) is 5.10 Å². The molecular formula is C22H21ClFN3OS2. The molecule has 3 aromatic rings. The Kier molecular flexibility index (Phi) is 6.71. The van der Waals surface area contributed by atoms with Crippen LogP contribution in [0.25, 0.3) is 0 Å². The Bertz CT molecular complexity index is 1050. The average molecular weight is 462 g/mol. The number of amides is 1. The van der Waals surface area contributed by atoms with Crippen molar-refractivity contribution in [2.45, 2.75) is 24.5 Å². The first-order chi connectivity index (χ1) is 14.5. The molecule has 0 bridgehead atoms. The number of hydrogen-bond donors (Lipinski definition) is 1. The Labute approximate surface area is 188 Å². The summed E-state index contributed by atoms with van der Waals surface area (Å²) in [5, 5.41) is 7.63. The number of carbonyl (C=O) groups excluding carboxylic acids is 1. The molecule has 0 aliphatic carbocycles. The second-order valence-corrected chi connectivity index (χ2v) is 10.1. The van der Waals surface area contributed by atoms with Gasteiger partial charge < -0.3 is 5.32 Å². The van der Waals surface area contributed by atoms with Crippen LogP contribution in [0.2, 0.25) is 5.15 Å². The summed E-state index contributed by atoms with van der Waals surface area (Å²) in [6.07, 6.45) is 1.24. The van der Waals surface area contributed by atoms with Crippen LogP contribution >= 0.6 is 35.1 Å². The lowest BCUT2D eigenvalue weighted by atomic mass is 10.2. The van der Waals surface area contributed by atoms with Crippen LogP contribution in [0.4, 0.5) is 10.1 Å². The van der Waals surface area contributed by atoms with Gasteiger partial charge in [0.25, 0.3) is 5.91 Å². The summed E-state index contributed by atoms with van der Waals surface area (Å²) < 4.78 is 15.1. The molecule has 1 aromatic heterocycles. The molecule has 1 saturated heterocycles. The predicted octanol–water partition coefficient (Wildman–Crippen LogP) is 6.15. The summed E-state index contributed by atoms with van der Waals surface area (Å²) in [6, 6.07) is 14.1. The first-order valence-corrected chi connectivity index (χ1v) is 12.1. The summed E-state index contributed by atoms with van der Waals surface area (Å²) in [5.74, 6) is 1.74. The van der Waals surface area contributed by atoms with Crippen LogP contribution in [0.3, 0.4) is 0 Å². The summed E-state index contributed by atoms with van der Waals surface area (Å²) in [6.45, 7) is 2.12. The minimum atomic E-state index is -0.297. The lowest BCUT2D eigenvalue weighted by molar-refractivity contribution is 0.102. The van der Waals surface area contributed by atoms with Crippen LogP contribution in [-0.2, 0) is 6.54 Å². The number of nitrogens with zero attached hydrogens (tertiary/aromatic N) is 2. The third kappa shape index (κ3) is 4.85. The molecule has 2 heterocycles. The molecule has 2 aromatic carbocycles. The van der Waals surface area contributed by atoms with Crippen molar-refractivity contribution in [2.75, 3.05) is 16.8 Å². The van der Waals surface area contributed by atoms with Crippen LogP contribution in [0.15, 0.2) is 48.5 Å². The molecule has 4 rings (SSSR count). The van der Waals surface area contributed by atoms with Gasteiger partial charge in [-0.05, 0) is 60.2 Å². The van der Waals surface area contributed by atoms with E-state index >= 15 is 0 Å². The number of aryl methyl sites for hydroxylation is 1. The first kappa shape index (κ1) is 21.3. The van der Waals surface area contributed by atoms with Crippen LogP contribution in [0.1, 0.15) is 38.2 Å². The third-order valence-electron chi connectivity index (χ3n) is 4.78. The predicted molar refractivity (Wildman–Crippen MR) is 124 cm³/mol. The van der Waals surface area contributed by atoms with Crippen molar-refractivity contribution in [3.63, 3.8) is 0 Å². The highest BCUT2D eigenvalue weighted by Crippen LogP contribution is 2.44. The number of halogens is 2. The zero-order valence-electron chi connectivity index (χ0n) is 16.4. The Balaban J connectivity index is 1.51. The van der Waals surface area contributed by atoms with Crippen molar-refractivity contribution in [1.29, 1.82) is 0 Å². The van der Waals surface area contributed by atoms with Crippen LogP contribution in [0.5, 0.6) is 0 Å². The molecular weight excluding hydrogens is 441 g/mol. The topological polar surface area (TPSA) is 46.9 Å². The van der Waals surface area contributed by atoms with Crippen molar-refractivity contribution >= 4 is 46.7 Å². The summed E-state index contributed by atoms with van der Waals surface area (Å²) >= 11 is 10.4. The number of nitrogens with one attached hydrogen (secondary N) is 1. The molecule has 0 spiro atoms. The molecule has 0 atom stereocenters. The zero-order valence-corrected chi connectivity index (χ0v) is 18.8. The number of carbonyl (C=O) groups is 1. The van der Waals surface area contributed by atoms with Gasteiger partial charge in [-0.3, -0.25) is 4.79 Å². The Morgan fingerprint density at radius 1 is 1.23 bits per heavy atom. The van der Waals surface area contributed by atoms with Gasteiger partial charge >= 0.3 is 0 Å². The maximum Gasteiger partial charge on any atom is 0.260 e. The van der Waals surface area contributed by atoms with Gasteiger partial charge in [0.1, 0.15) is 11.0 Å². The highest BCUT2D eigenvalue weighted by Gasteiger charge is 2.22. The molecule has 1 amide bonds. The first-order valence-electron chi connectivity index (χ1n) is 9.63. The third-order valence-corrected chi connectivity index (χ3v) is 8.18. The summed E-state index contributed by atoms with van der Waals surface area (Å²) in [7, 11) is 0. The minimum absolute atomic E-state index is 0.267. The Morgan fingerprint density at radius 3 is 2.70 bits per heavy atom. The van der Waals surface area contributed by atoms with E-state index in [2.05, 4.69) is 16.5 Å². The second kappa shape index (κ2) is 9.45. The van der Waals surface area contributed by atoms with Crippen LogP contribution < -0.4 is 5.32 Å². The van der Waals surface area contributed by atoms with Gasteiger partial charge in [-0.15, -0.1) is 23.5 Å². The van der Waals surface area contributed by atoms with E-state index in [9.17, 15) is 9.18 Å². The molecule has 0 saturated carbocycles. The molecule has 1 N–H and O–H groups in total. The normalized spacial score (nSPS) is 14.6. The number of benzene rings is 2. The summed E-state index contributed by atoms with van der Waals surface area (Å²) in [4.78, 5) is 12.9. The zero-order chi connectivity index (χ0) is 21.1. The van der Waals surface area contributed by atoms with E-state index in [1.165, 1.54) is 24.1 Å². The van der Waals surface area contributed by atoms with Crippen LogP contribution in [-0.4, -0.2) is 27.2 Å². The number of thioether (sulfide) groups is 2. The van der Waals surface area contributed by atoms with E-state index in [1.54, 1.807) is 23.7 Å². The SMILES string of the molecule is Cc1nn(Cc2ccc(F)cc2)c(Cl)c1C(=O)Nc1cccc(C2SCCCS2)c1. The van der Waals surface area contributed by atoms with Gasteiger partial charge in [-0.25, -0.2) is 9.07 Å². The fourth-order valence-electron chi connectivity index (χ4n) is 3.32. The molecule has 156 valence electrons. The molecule has 1 fully saturated rings. The average Bonchev–Trinajstić information content (AvgIpc) is 3.03. The molecule has 1 aliphatic rings. The summed E-state index contributed by atoms with van der Waals surface area (Å²) in [5.41, 5.74) is 3.70. The van der Waals surface area contributed by atoms with Crippen molar-refractivity contribution in [2.24, 2.45) is 0 Å². The fraction of sp³-hybridized carbons (Fsp3) is 0.273. The van der Waals surface area contributed by atoms with Crippen LogP contribution in [0, 0.1) is 12.7 Å². The Hall–Kier alpha value is -1.96. The largest absolute Gasteiger partial charge is 0.322 e. The van der Waals surface area contributed by atoms with Gasteiger partial charge in [0, 0.05) is 5.69 Å². The number of rotatable bonds is 5. The monoisotopic (exact) mass is 461 g/mol. The van der Waals surface area contributed by atoms with Gasteiger partial charge in [0.05, 0.1) is 22.4 Å². The van der Waals surface area contributed by atoms with Crippen molar-refractivity contribution in [3.8, 4) is 0 Å². The maximum atomic E-state index is 13.1. The van der Waals surface area contributed by atoms with E-state index in [4.69, 9.17) is 11.6 Å². The van der Waals surface area contributed by atoms with Crippen molar-refractivity contribution in [3.05, 3.63) is 81.9 Å². The van der Waals surface area contributed by atoms with E-state index < -0.39 is 0 Å². The standard InChI is InChI=1S/C22H21ClFN3OS2/c1-14-19(20(23)27(26-14)13-15-6-8-17(24)9-7-15)21(28)25-18-5-2-4-16(12-18)22-29-10-3-11-30-22/h2,4-9,12,22H,3,10-11,13H2,1H3,(H,25,28). The van der Waals surface area contributed by atoms with Gasteiger partial charge in [0.2, 0.25) is 0 Å². The fourth-order valence-corrected chi connectivity index (χ4v) is 6.51. The van der Waals surface area contributed by atoms with Crippen molar-refractivity contribution in [1.82, 2.24) is 9.78 Å². The number of anilines is 1. The molecule has 30 heavy (non-hydrogen) atoms. The molecule has 0 unspecified atom stereocenters. The second-order valence-electron chi connectivity index (χ2n) is 7.04. The molecule has 1 aliphatic heterocycles. The molecule has 8 heteroatoms. The van der Waals surface area contributed by atoms with E-state index in [0.717, 1.165) is 22.8 Å². The van der Waals surface area contributed by atoms with E-state index in [1.807, 2.05) is 41.7 Å². The number of hydrogen-bond acceptors (Lipinski definition) is 4. The lowest BCUT2D eigenvalue weighted by Gasteiger charge is -2.21. The smallest absolute Gasteiger partial charge is 0.260 e. The van der Waals surface area contributed by atoms with E-state index in [0.29, 0.717) is 22.4 Å². The van der Waals surface area contributed by atoms with Gasteiger partial charge in [-0.1, -0.05) is 35.9 Å². The molecule has 4 nitrogen and oxygen atoms in total. The quantitative estimate of drug-likeness (QED) is 0.494. The van der Waals surface area contributed by atoms with E-state index in [-0.39, 0.29) is 16.9 Å². The Morgan fingerprint density at radius 2 is 1.97 bits per heavy atom. The highest BCUT2D eigenvalue weighted by atomic mass is 35.5.